The maximum Gasteiger partial charge on any atom is 0.224 e. The lowest BCUT2D eigenvalue weighted by molar-refractivity contribution is -0.120. The average Bonchev–Trinajstić information content (AvgIpc) is 3.11. The largest absolute Gasteiger partial charge is 0.352 e. The molecule has 0 unspecified atom stereocenters. The maximum absolute atomic E-state index is 13.7. The van der Waals surface area contributed by atoms with Crippen LogP contribution < -0.4 is 5.32 Å². The van der Waals surface area contributed by atoms with E-state index >= 15 is 0 Å². The highest BCUT2D eigenvalue weighted by Crippen LogP contribution is 2.19. The summed E-state index contributed by atoms with van der Waals surface area (Å²) in [6.07, 6.45) is 3.48. The minimum atomic E-state index is -0.471. The first-order valence-corrected chi connectivity index (χ1v) is 7.80. The summed E-state index contributed by atoms with van der Waals surface area (Å²) in [7, 11) is 0. The number of nitrogens with one attached hydrogen (secondary N) is 1. The van der Waals surface area contributed by atoms with Crippen molar-refractivity contribution in [3.05, 3.63) is 82.9 Å². The second-order valence-corrected chi connectivity index (χ2v) is 5.68. The van der Waals surface area contributed by atoms with E-state index in [9.17, 15) is 9.18 Å². The summed E-state index contributed by atoms with van der Waals surface area (Å²) >= 11 is 5.93. The van der Waals surface area contributed by atoms with Crippen molar-refractivity contribution in [3.63, 3.8) is 0 Å². The highest BCUT2D eigenvalue weighted by molar-refractivity contribution is 6.31. The fourth-order valence-electron chi connectivity index (χ4n) is 2.31. The third-order valence-corrected chi connectivity index (χ3v) is 3.95. The van der Waals surface area contributed by atoms with Gasteiger partial charge in [0.1, 0.15) is 5.82 Å². The lowest BCUT2D eigenvalue weighted by Gasteiger charge is -2.08. The molecular formula is C18H15ClFN3O. The van der Waals surface area contributed by atoms with E-state index in [0.29, 0.717) is 6.54 Å². The smallest absolute Gasteiger partial charge is 0.224 e. The van der Waals surface area contributed by atoms with Gasteiger partial charge in [0.2, 0.25) is 5.91 Å². The highest BCUT2D eigenvalue weighted by Gasteiger charge is 2.11. The normalized spacial score (nSPS) is 10.6. The molecule has 0 saturated heterocycles. The zero-order valence-electron chi connectivity index (χ0n) is 12.7. The van der Waals surface area contributed by atoms with Gasteiger partial charge in [-0.15, -0.1) is 0 Å². The topological polar surface area (TPSA) is 46.9 Å². The molecule has 1 aromatic heterocycles. The molecule has 6 heteroatoms. The van der Waals surface area contributed by atoms with Crippen LogP contribution in [0, 0.1) is 5.82 Å². The molecule has 1 N–H and O–H groups in total. The Hall–Kier alpha value is -2.66. The molecule has 0 atom stereocenters. The van der Waals surface area contributed by atoms with E-state index < -0.39 is 5.82 Å². The molecule has 1 heterocycles. The Kier molecular flexibility index (Phi) is 4.91. The summed E-state index contributed by atoms with van der Waals surface area (Å²) in [5.74, 6) is -0.751. The monoisotopic (exact) mass is 343 g/mol. The Morgan fingerprint density at radius 1 is 1.17 bits per heavy atom. The SMILES string of the molecule is O=C(Cc1c(F)cccc1Cl)NCc1ccc(-n2cccn2)cc1. The van der Waals surface area contributed by atoms with Crippen LogP contribution >= 0.6 is 11.6 Å². The minimum absolute atomic E-state index is 0.0864. The summed E-state index contributed by atoms with van der Waals surface area (Å²) in [5, 5.41) is 7.18. The van der Waals surface area contributed by atoms with Gasteiger partial charge in [0.15, 0.2) is 0 Å². The van der Waals surface area contributed by atoms with Crippen molar-refractivity contribution >= 4 is 17.5 Å². The molecule has 0 aliphatic carbocycles. The quantitative estimate of drug-likeness (QED) is 0.770. The lowest BCUT2D eigenvalue weighted by atomic mass is 10.1. The van der Waals surface area contributed by atoms with E-state index in [0.717, 1.165) is 11.3 Å². The zero-order valence-corrected chi connectivity index (χ0v) is 13.5. The number of hydrogen-bond acceptors (Lipinski definition) is 2. The van der Waals surface area contributed by atoms with Crippen molar-refractivity contribution in [1.29, 1.82) is 0 Å². The van der Waals surface area contributed by atoms with E-state index in [1.807, 2.05) is 36.5 Å². The lowest BCUT2D eigenvalue weighted by Crippen LogP contribution is -2.25. The number of halogens is 2. The Morgan fingerprint density at radius 3 is 2.62 bits per heavy atom. The van der Waals surface area contributed by atoms with Crippen LogP contribution in [0.5, 0.6) is 0 Å². The second-order valence-electron chi connectivity index (χ2n) is 5.27. The number of carbonyl (C=O) groups is 1. The molecule has 0 spiro atoms. The first-order valence-electron chi connectivity index (χ1n) is 7.42. The van der Waals surface area contributed by atoms with Gasteiger partial charge < -0.3 is 5.32 Å². The number of amides is 1. The molecule has 3 aromatic rings. The third-order valence-electron chi connectivity index (χ3n) is 3.59. The third kappa shape index (κ3) is 3.81. The van der Waals surface area contributed by atoms with E-state index in [1.54, 1.807) is 16.9 Å². The van der Waals surface area contributed by atoms with Gasteiger partial charge >= 0.3 is 0 Å². The van der Waals surface area contributed by atoms with Crippen LogP contribution in [-0.4, -0.2) is 15.7 Å². The molecule has 1 amide bonds. The van der Waals surface area contributed by atoms with Crippen molar-refractivity contribution in [2.45, 2.75) is 13.0 Å². The molecule has 2 aromatic carbocycles. The van der Waals surface area contributed by atoms with Crippen LogP contribution in [0.25, 0.3) is 5.69 Å². The van der Waals surface area contributed by atoms with Crippen LogP contribution in [0.15, 0.2) is 60.9 Å². The van der Waals surface area contributed by atoms with Gasteiger partial charge in [-0.2, -0.15) is 5.10 Å². The average molecular weight is 344 g/mol. The van der Waals surface area contributed by atoms with Gasteiger partial charge in [-0.25, -0.2) is 9.07 Å². The molecule has 0 fully saturated rings. The number of rotatable bonds is 5. The molecule has 0 aliphatic rings. The van der Waals surface area contributed by atoms with Crippen LogP contribution in [0.4, 0.5) is 4.39 Å². The van der Waals surface area contributed by atoms with Gasteiger partial charge in [0.25, 0.3) is 0 Å². The van der Waals surface area contributed by atoms with Gasteiger partial charge in [-0.3, -0.25) is 4.79 Å². The summed E-state index contributed by atoms with van der Waals surface area (Å²) in [6, 6.07) is 13.9. The van der Waals surface area contributed by atoms with Crippen molar-refractivity contribution < 1.29 is 9.18 Å². The molecule has 0 saturated carbocycles. The first kappa shape index (κ1) is 16.2. The van der Waals surface area contributed by atoms with Crippen molar-refractivity contribution in [2.75, 3.05) is 0 Å². The van der Waals surface area contributed by atoms with Crippen LogP contribution in [0.1, 0.15) is 11.1 Å². The van der Waals surface area contributed by atoms with Gasteiger partial charge in [-0.1, -0.05) is 29.8 Å². The van der Waals surface area contributed by atoms with Gasteiger partial charge in [0, 0.05) is 29.5 Å². The Labute approximate surface area is 143 Å². The fourth-order valence-corrected chi connectivity index (χ4v) is 2.54. The standard InChI is InChI=1S/C18H15ClFN3O/c19-16-3-1-4-17(20)15(16)11-18(24)21-12-13-5-7-14(8-6-13)23-10-2-9-22-23/h1-10H,11-12H2,(H,21,24). The second kappa shape index (κ2) is 7.27. The highest BCUT2D eigenvalue weighted by atomic mass is 35.5. The van der Waals surface area contributed by atoms with Crippen LogP contribution in [0.3, 0.4) is 0 Å². The van der Waals surface area contributed by atoms with Crippen LogP contribution in [-0.2, 0) is 17.8 Å². The molecular weight excluding hydrogens is 329 g/mol. The molecule has 0 aliphatic heterocycles. The van der Waals surface area contributed by atoms with E-state index in [-0.39, 0.29) is 22.9 Å². The summed E-state index contributed by atoms with van der Waals surface area (Å²) in [5.41, 5.74) is 2.10. The summed E-state index contributed by atoms with van der Waals surface area (Å²) in [4.78, 5) is 12.0. The number of benzene rings is 2. The predicted octanol–water partition coefficient (Wildman–Crippen LogP) is 3.52. The predicted molar refractivity (Wildman–Crippen MR) is 90.5 cm³/mol. The number of aromatic nitrogens is 2. The minimum Gasteiger partial charge on any atom is -0.352 e. The van der Waals surface area contributed by atoms with Gasteiger partial charge in [-0.05, 0) is 35.9 Å². The van der Waals surface area contributed by atoms with Crippen molar-refractivity contribution in [3.8, 4) is 5.69 Å². The van der Waals surface area contributed by atoms with Crippen molar-refractivity contribution in [1.82, 2.24) is 15.1 Å². The maximum atomic E-state index is 13.7. The molecule has 3 rings (SSSR count). The van der Waals surface area contributed by atoms with Crippen molar-refractivity contribution in [2.24, 2.45) is 0 Å². The number of nitrogens with zero attached hydrogens (tertiary/aromatic N) is 2. The van der Waals surface area contributed by atoms with E-state index in [1.165, 1.54) is 12.1 Å². The summed E-state index contributed by atoms with van der Waals surface area (Å²) < 4.78 is 15.4. The first-order chi connectivity index (χ1) is 11.6. The number of carbonyl (C=O) groups excluding carboxylic acids is 1. The molecule has 4 nitrogen and oxygen atoms in total. The fraction of sp³-hybridized carbons (Fsp3) is 0.111. The Morgan fingerprint density at radius 2 is 1.96 bits per heavy atom. The molecule has 24 heavy (non-hydrogen) atoms. The summed E-state index contributed by atoms with van der Waals surface area (Å²) in [6.45, 7) is 0.365. The number of hydrogen-bond donors (Lipinski definition) is 1. The van der Waals surface area contributed by atoms with E-state index in [2.05, 4.69) is 10.4 Å². The van der Waals surface area contributed by atoms with Gasteiger partial charge in [0.05, 0.1) is 12.1 Å². The Balaban J connectivity index is 1.58. The molecule has 122 valence electrons. The van der Waals surface area contributed by atoms with E-state index in [4.69, 9.17) is 11.6 Å². The zero-order chi connectivity index (χ0) is 16.9. The molecule has 0 bridgehead atoms. The Bertz CT molecular complexity index is 812. The molecule has 0 radical (unpaired) electrons. The van der Waals surface area contributed by atoms with Crippen LogP contribution in [0.2, 0.25) is 5.02 Å².